The zero-order valence-corrected chi connectivity index (χ0v) is 27.7. The van der Waals surface area contributed by atoms with Crippen LogP contribution < -0.4 is 4.90 Å². The van der Waals surface area contributed by atoms with E-state index < -0.39 is 0 Å². The molecule has 0 radical (unpaired) electrons. The van der Waals surface area contributed by atoms with Crippen molar-refractivity contribution in [3.63, 3.8) is 0 Å². The van der Waals surface area contributed by atoms with Gasteiger partial charge < -0.3 is 4.90 Å². The van der Waals surface area contributed by atoms with Crippen molar-refractivity contribution in [2.45, 2.75) is 0 Å². The van der Waals surface area contributed by atoms with E-state index in [9.17, 15) is 0 Å². The lowest BCUT2D eigenvalue weighted by atomic mass is 10.0. The highest BCUT2D eigenvalue weighted by Crippen LogP contribution is 2.48. The van der Waals surface area contributed by atoms with Crippen molar-refractivity contribution in [3.8, 4) is 0 Å². The average molecular weight is 654 g/mol. The Morgan fingerprint density at radius 2 is 1.02 bits per heavy atom. The van der Waals surface area contributed by atoms with Crippen LogP contribution in [0, 0.1) is 0 Å². The number of hydrogen-bond acceptors (Lipinski definition) is 2. The number of aromatic nitrogens is 2. The molecule has 12 rings (SSSR count). The van der Waals surface area contributed by atoms with E-state index in [2.05, 4.69) is 177 Å². The minimum absolute atomic E-state index is 1.14. The number of nitrogens with zero attached hydrogens (tertiary/aromatic N) is 3. The highest BCUT2D eigenvalue weighted by atomic mass is 32.1. The summed E-state index contributed by atoms with van der Waals surface area (Å²) in [6.07, 6.45) is 0. The molecule has 0 unspecified atom stereocenters. The first-order valence-corrected chi connectivity index (χ1v) is 17.9. The molecule has 4 heteroatoms. The lowest BCUT2D eigenvalue weighted by Gasteiger charge is -2.27. The number of thiophene rings is 1. The quantitative estimate of drug-likeness (QED) is 0.173. The van der Waals surface area contributed by atoms with Crippen molar-refractivity contribution >= 4 is 114 Å². The molecule has 0 aliphatic heterocycles. The normalized spacial score (nSPS) is 12.4. The zero-order valence-electron chi connectivity index (χ0n) is 26.8. The van der Waals surface area contributed by atoms with Gasteiger partial charge >= 0.3 is 0 Å². The van der Waals surface area contributed by atoms with Crippen LogP contribution in [0.3, 0.4) is 0 Å². The fourth-order valence-corrected chi connectivity index (χ4v) is 9.84. The molecule has 0 N–H and O–H groups in total. The Labute approximate surface area is 290 Å². The van der Waals surface area contributed by atoms with Crippen molar-refractivity contribution in [1.29, 1.82) is 0 Å². The van der Waals surface area contributed by atoms with Crippen LogP contribution in [0.25, 0.3) is 85.6 Å². The number of rotatable bonds is 3. The smallest absolute Gasteiger partial charge is 0.131 e. The molecule has 50 heavy (non-hydrogen) atoms. The minimum Gasteiger partial charge on any atom is -0.308 e. The SMILES string of the molecule is c1ccc2c(c1)ccc1cc(N(c3ccc4c(c3)sc3ccccc34)c3cccc4c5c6ccccc6n6c7ccccc7n(c34)c56)ccc12. The van der Waals surface area contributed by atoms with Gasteiger partial charge in [-0.05, 0) is 76.1 Å². The van der Waals surface area contributed by atoms with E-state index in [4.69, 9.17) is 0 Å². The van der Waals surface area contributed by atoms with E-state index in [0.717, 1.165) is 17.1 Å². The molecule has 3 nitrogen and oxygen atoms in total. The summed E-state index contributed by atoms with van der Waals surface area (Å²) in [4.78, 5) is 2.48. The molecule has 0 bridgehead atoms. The van der Waals surface area contributed by atoms with Gasteiger partial charge in [-0.2, -0.15) is 0 Å². The second kappa shape index (κ2) is 9.63. The van der Waals surface area contributed by atoms with Crippen molar-refractivity contribution in [1.82, 2.24) is 8.80 Å². The van der Waals surface area contributed by atoms with Gasteiger partial charge in [0.1, 0.15) is 5.65 Å². The Bertz CT molecular complexity index is 3340. The molecular weight excluding hydrogens is 627 g/mol. The van der Waals surface area contributed by atoms with E-state index in [1.165, 1.54) is 85.6 Å². The van der Waals surface area contributed by atoms with Crippen LogP contribution >= 0.6 is 11.3 Å². The predicted molar refractivity (Wildman–Crippen MR) is 215 cm³/mol. The fourth-order valence-electron chi connectivity index (χ4n) is 8.70. The van der Waals surface area contributed by atoms with E-state index in [0.29, 0.717) is 0 Å². The first-order valence-electron chi connectivity index (χ1n) is 17.1. The van der Waals surface area contributed by atoms with E-state index >= 15 is 0 Å². The highest BCUT2D eigenvalue weighted by molar-refractivity contribution is 7.25. The molecule has 0 aliphatic rings. The van der Waals surface area contributed by atoms with Crippen LogP contribution in [0.4, 0.5) is 17.1 Å². The standard InChI is InChI=1S/C46H27N3S/c1-2-11-32-28(10-1)20-21-29-26-30(22-24-33(29)32)47(31-23-25-35-34-12-4-8-19-42(34)50-43(35)27-31)41-18-9-14-37-44-36-13-3-5-15-38(36)48-39-16-6-7-17-40(39)49(45(37)41)46(44)48/h1-27H. The number of anilines is 3. The van der Waals surface area contributed by atoms with E-state index in [-0.39, 0.29) is 0 Å². The Morgan fingerprint density at radius 3 is 1.90 bits per heavy atom. The highest BCUT2D eigenvalue weighted by Gasteiger charge is 2.26. The van der Waals surface area contributed by atoms with Crippen LogP contribution in [0.2, 0.25) is 0 Å². The second-order valence-corrected chi connectivity index (χ2v) is 14.4. The third-order valence-corrected chi connectivity index (χ3v) is 11.9. The van der Waals surface area contributed by atoms with Gasteiger partial charge in [-0.25, -0.2) is 0 Å². The summed E-state index contributed by atoms with van der Waals surface area (Å²) in [5, 5.41) is 11.5. The number of imidazole rings is 1. The number of para-hydroxylation sites is 4. The maximum absolute atomic E-state index is 2.51. The first kappa shape index (κ1) is 26.6. The van der Waals surface area contributed by atoms with Crippen LogP contribution in [0.1, 0.15) is 0 Å². The molecule has 0 fully saturated rings. The lowest BCUT2D eigenvalue weighted by Crippen LogP contribution is -2.11. The molecule has 0 atom stereocenters. The second-order valence-electron chi connectivity index (χ2n) is 13.4. The van der Waals surface area contributed by atoms with Crippen molar-refractivity contribution in [3.05, 3.63) is 164 Å². The van der Waals surface area contributed by atoms with Gasteiger partial charge in [-0.15, -0.1) is 11.3 Å². The van der Waals surface area contributed by atoms with Gasteiger partial charge in [0, 0.05) is 47.7 Å². The molecule has 4 aromatic heterocycles. The summed E-state index contributed by atoms with van der Waals surface area (Å²) in [7, 11) is 0. The van der Waals surface area contributed by atoms with Gasteiger partial charge in [-0.3, -0.25) is 8.80 Å². The molecule has 232 valence electrons. The van der Waals surface area contributed by atoms with Gasteiger partial charge in [-0.1, -0.05) is 109 Å². The van der Waals surface area contributed by atoms with Crippen molar-refractivity contribution in [2.75, 3.05) is 4.90 Å². The summed E-state index contributed by atoms with van der Waals surface area (Å²) in [6, 6.07) is 60.5. The molecule has 0 saturated carbocycles. The Balaban J connectivity index is 1.21. The topological polar surface area (TPSA) is 12.1 Å². The van der Waals surface area contributed by atoms with Crippen molar-refractivity contribution < 1.29 is 0 Å². The summed E-state index contributed by atoms with van der Waals surface area (Å²) >= 11 is 1.87. The monoisotopic (exact) mass is 653 g/mol. The van der Waals surface area contributed by atoms with E-state index in [1.54, 1.807) is 0 Å². The average Bonchev–Trinajstić information content (AvgIpc) is 3.90. The number of hydrogen-bond donors (Lipinski definition) is 0. The van der Waals surface area contributed by atoms with Gasteiger partial charge in [0.2, 0.25) is 0 Å². The molecule has 0 spiro atoms. The lowest BCUT2D eigenvalue weighted by molar-refractivity contribution is 1.25. The number of benzene rings is 8. The van der Waals surface area contributed by atoms with Gasteiger partial charge in [0.05, 0.1) is 27.8 Å². The Morgan fingerprint density at radius 1 is 0.400 bits per heavy atom. The summed E-state index contributed by atoms with van der Waals surface area (Å²) in [5.74, 6) is 0. The Kier molecular flexibility index (Phi) is 5.12. The summed E-state index contributed by atoms with van der Waals surface area (Å²) in [5.41, 5.74) is 9.58. The first-order chi connectivity index (χ1) is 24.8. The molecule has 12 aromatic rings. The molecule has 4 heterocycles. The van der Waals surface area contributed by atoms with E-state index in [1.807, 2.05) is 11.3 Å². The van der Waals surface area contributed by atoms with Crippen molar-refractivity contribution in [2.24, 2.45) is 0 Å². The van der Waals surface area contributed by atoms with Gasteiger partial charge in [0.25, 0.3) is 0 Å². The largest absolute Gasteiger partial charge is 0.308 e. The van der Waals surface area contributed by atoms with Crippen LogP contribution in [-0.4, -0.2) is 8.80 Å². The third-order valence-electron chi connectivity index (χ3n) is 10.8. The van der Waals surface area contributed by atoms with Crippen LogP contribution in [0.5, 0.6) is 0 Å². The molecule has 0 aliphatic carbocycles. The summed E-state index contributed by atoms with van der Waals surface area (Å²) < 4.78 is 7.57. The third kappa shape index (κ3) is 3.38. The molecule has 0 saturated heterocycles. The maximum Gasteiger partial charge on any atom is 0.131 e. The number of fused-ring (bicyclic) bond motifs is 15. The maximum atomic E-state index is 2.51. The zero-order chi connectivity index (χ0) is 32.5. The molecule has 8 aromatic carbocycles. The minimum atomic E-state index is 1.14. The van der Waals surface area contributed by atoms with Gasteiger partial charge in [0.15, 0.2) is 0 Å². The van der Waals surface area contributed by atoms with Crippen LogP contribution in [0.15, 0.2) is 164 Å². The fraction of sp³-hybridized carbons (Fsp3) is 0. The predicted octanol–water partition coefficient (Wildman–Crippen LogP) is 13.2. The summed E-state index contributed by atoms with van der Waals surface area (Å²) in [6.45, 7) is 0. The molecular formula is C46H27N3S. The van der Waals surface area contributed by atoms with Crippen LogP contribution in [-0.2, 0) is 0 Å². The molecule has 0 amide bonds. The Hall–Kier alpha value is -6.36.